The van der Waals surface area contributed by atoms with Gasteiger partial charge in [0, 0.05) is 12.6 Å². The number of nitrogens with one attached hydrogen (secondary N) is 2. The predicted octanol–water partition coefficient (Wildman–Crippen LogP) is 3.64. The van der Waals surface area contributed by atoms with E-state index in [4.69, 9.17) is 0 Å². The zero-order valence-electron chi connectivity index (χ0n) is 14.8. The van der Waals surface area contributed by atoms with Crippen LogP contribution < -0.4 is 10.6 Å². The monoisotopic (exact) mass is 407 g/mol. The van der Waals surface area contributed by atoms with E-state index in [1.807, 2.05) is 0 Å². The van der Waals surface area contributed by atoms with E-state index in [0.29, 0.717) is 0 Å². The number of carbonyl (C=O) groups excluding carboxylic acids is 2. The maximum absolute atomic E-state index is 13.9. The molecule has 1 heterocycles. The zero-order valence-corrected chi connectivity index (χ0v) is 14.8. The first kappa shape index (κ1) is 20.0. The average Bonchev–Trinajstić information content (AvgIpc) is 3.13. The van der Waals surface area contributed by atoms with Crippen LogP contribution in [0.2, 0.25) is 0 Å². The quantitative estimate of drug-likeness (QED) is 0.647. The molecule has 0 bridgehead atoms. The Morgan fingerprint density at radius 3 is 2.48 bits per heavy atom. The van der Waals surface area contributed by atoms with E-state index in [1.165, 1.54) is 37.3 Å². The highest BCUT2D eigenvalue weighted by Gasteiger charge is 2.34. The average molecular weight is 407 g/mol. The van der Waals surface area contributed by atoms with Gasteiger partial charge in [0.15, 0.2) is 5.69 Å². The fourth-order valence-corrected chi connectivity index (χ4v) is 2.49. The second-order valence-corrected chi connectivity index (χ2v) is 5.89. The molecule has 7 nitrogen and oxygen atoms in total. The number of nitrogens with zero attached hydrogens (tertiary/aromatic N) is 3. The lowest BCUT2D eigenvalue weighted by Crippen LogP contribution is -2.14. The van der Waals surface area contributed by atoms with E-state index in [0.717, 1.165) is 23.0 Å². The number of amides is 2. The van der Waals surface area contributed by atoms with E-state index < -0.39 is 23.5 Å². The fourth-order valence-electron chi connectivity index (χ4n) is 2.49. The lowest BCUT2D eigenvalue weighted by Gasteiger charge is -2.11. The van der Waals surface area contributed by atoms with E-state index in [1.54, 1.807) is 0 Å². The molecule has 0 unspecified atom stereocenters. The Labute approximate surface area is 161 Å². The lowest BCUT2D eigenvalue weighted by molar-refractivity contribution is -0.137. The number of para-hydroxylation sites is 1. The van der Waals surface area contributed by atoms with Crippen molar-refractivity contribution in [3.05, 3.63) is 65.7 Å². The molecule has 2 N–H and O–H groups in total. The van der Waals surface area contributed by atoms with Crippen LogP contribution in [0.25, 0.3) is 5.69 Å². The number of hydrogen-bond donors (Lipinski definition) is 2. The van der Waals surface area contributed by atoms with Crippen molar-refractivity contribution in [2.75, 3.05) is 10.6 Å². The molecule has 0 aliphatic heterocycles. The summed E-state index contributed by atoms with van der Waals surface area (Å²) in [6.07, 6.45) is -3.63. The minimum absolute atomic E-state index is 0.244. The van der Waals surface area contributed by atoms with E-state index >= 15 is 0 Å². The Bertz CT molecular complexity index is 1080. The number of aromatic nitrogens is 3. The van der Waals surface area contributed by atoms with Crippen molar-refractivity contribution in [2.45, 2.75) is 13.1 Å². The van der Waals surface area contributed by atoms with Crippen LogP contribution in [0.4, 0.5) is 28.9 Å². The minimum Gasteiger partial charge on any atom is -0.326 e. The summed E-state index contributed by atoms with van der Waals surface area (Å²) in [4.78, 5) is 23.4. The molecule has 1 aromatic heterocycles. The molecule has 29 heavy (non-hydrogen) atoms. The number of benzene rings is 2. The van der Waals surface area contributed by atoms with Gasteiger partial charge in [0.2, 0.25) is 5.91 Å². The van der Waals surface area contributed by atoms with Gasteiger partial charge >= 0.3 is 6.18 Å². The molecule has 0 aliphatic rings. The third-order valence-corrected chi connectivity index (χ3v) is 3.72. The highest BCUT2D eigenvalue weighted by atomic mass is 19.4. The van der Waals surface area contributed by atoms with Gasteiger partial charge in [-0.1, -0.05) is 17.3 Å². The summed E-state index contributed by atoms with van der Waals surface area (Å²) in [6.45, 7) is 1.26. The summed E-state index contributed by atoms with van der Waals surface area (Å²) in [6, 6.07) is 8.19. The molecule has 0 saturated carbocycles. The minimum atomic E-state index is -4.63. The molecule has 0 aliphatic carbocycles. The van der Waals surface area contributed by atoms with Crippen LogP contribution in [0.15, 0.2) is 48.7 Å². The van der Waals surface area contributed by atoms with Gasteiger partial charge in [0.25, 0.3) is 5.91 Å². The third kappa shape index (κ3) is 4.57. The van der Waals surface area contributed by atoms with Gasteiger partial charge in [-0.2, -0.15) is 13.2 Å². The number of carbonyl (C=O) groups is 2. The van der Waals surface area contributed by atoms with E-state index in [9.17, 15) is 27.2 Å². The normalized spacial score (nSPS) is 11.2. The standard InChI is InChI=1S/C18H13F4N5O2/c1-10(28)23-11-6-7-13(19)14(8-11)24-17(29)15-9-27(26-25-15)16-5-3-2-4-12(16)18(20,21)22/h2-9H,1H3,(H,23,28)(H,24,29). The summed E-state index contributed by atoms with van der Waals surface area (Å²) in [5, 5.41) is 11.8. The van der Waals surface area contributed by atoms with Crippen molar-refractivity contribution >= 4 is 23.2 Å². The Kier molecular flexibility index (Phi) is 5.31. The smallest absolute Gasteiger partial charge is 0.326 e. The molecule has 3 aromatic rings. The number of hydrogen-bond acceptors (Lipinski definition) is 4. The largest absolute Gasteiger partial charge is 0.418 e. The van der Waals surface area contributed by atoms with Crippen molar-refractivity contribution in [2.24, 2.45) is 0 Å². The molecule has 0 fully saturated rings. The first-order valence-electron chi connectivity index (χ1n) is 8.12. The van der Waals surface area contributed by atoms with Crippen molar-refractivity contribution in [1.29, 1.82) is 0 Å². The molecular formula is C18H13F4N5O2. The summed E-state index contributed by atoms with van der Waals surface area (Å²) < 4.78 is 54.2. The highest BCUT2D eigenvalue weighted by molar-refractivity contribution is 6.03. The molecular weight excluding hydrogens is 394 g/mol. The lowest BCUT2D eigenvalue weighted by atomic mass is 10.1. The summed E-state index contributed by atoms with van der Waals surface area (Å²) in [5.74, 6) is -2.05. The van der Waals surface area contributed by atoms with Crippen LogP contribution in [0.3, 0.4) is 0 Å². The van der Waals surface area contributed by atoms with Gasteiger partial charge in [-0.25, -0.2) is 9.07 Å². The molecule has 11 heteroatoms. The molecule has 2 amide bonds. The maximum Gasteiger partial charge on any atom is 0.418 e. The molecule has 3 rings (SSSR count). The Hall–Kier alpha value is -3.76. The van der Waals surface area contributed by atoms with Crippen molar-refractivity contribution in [3.63, 3.8) is 0 Å². The molecule has 0 saturated heterocycles. The van der Waals surface area contributed by atoms with Crippen LogP contribution in [0.5, 0.6) is 0 Å². The van der Waals surface area contributed by atoms with Crippen LogP contribution in [-0.2, 0) is 11.0 Å². The van der Waals surface area contributed by atoms with Crippen LogP contribution in [0, 0.1) is 5.82 Å². The van der Waals surface area contributed by atoms with Gasteiger partial charge in [0.05, 0.1) is 23.1 Å². The molecule has 2 aromatic carbocycles. The van der Waals surface area contributed by atoms with Crippen LogP contribution >= 0.6 is 0 Å². The number of halogens is 4. The maximum atomic E-state index is 13.9. The number of anilines is 2. The van der Waals surface area contributed by atoms with Gasteiger partial charge in [0.1, 0.15) is 5.82 Å². The van der Waals surface area contributed by atoms with Gasteiger partial charge in [-0.05, 0) is 30.3 Å². The first-order valence-corrected chi connectivity index (χ1v) is 8.12. The summed E-state index contributed by atoms with van der Waals surface area (Å²) >= 11 is 0. The second kappa shape index (κ2) is 7.70. The molecule has 0 atom stereocenters. The van der Waals surface area contributed by atoms with Gasteiger partial charge < -0.3 is 10.6 Å². The second-order valence-electron chi connectivity index (χ2n) is 5.89. The first-order chi connectivity index (χ1) is 13.6. The van der Waals surface area contributed by atoms with E-state index in [2.05, 4.69) is 20.9 Å². The molecule has 150 valence electrons. The van der Waals surface area contributed by atoms with Crippen molar-refractivity contribution < 1.29 is 27.2 Å². The van der Waals surface area contributed by atoms with Crippen molar-refractivity contribution in [3.8, 4) is 5.69 Å². The number of rotatable bonds is 4. The number of alkyl halides is 3. The Balaban J connectivity index is 1.85. The fraction of sp³-hybridized carbons (Fsp3) is 0.111. The summed E-state index contributed by atoms with van der Waals surface area (Å²) in [5.41, 5.74) is -1.59. The summed E-state index contributed by atoms with van der Waals surface area (Å²) in [7, 11) is 0. The Morgan fingerprint density at radius 1 is 1.07 bits per heavy atom. The van der Waals surface area contributed by atoms with Crippen LogP contribution in [0.1, 0.15) is 23.0 Å². The highest BCUT2D eigenvalue weighted by Crippen LogP contribution is 2.33. The topological polar surface area (TPSA) is 88.9 Å². The molecule has 0 spiro atoms. The zero-order chi connectivity index (χ0) is 21.2. The molecule has 0 radical (unpaired) electrons. The van der Waals surface area contributed by atoms with Crippen molar-refractivity contribution in [1.82, 2.24) is 15.0 Å². The predicted molar refractivity (Wildman–Crippen MR) is 95.0 cm³/mol. The SMILES string of the molecule is CC(=O)Nc1ccc(F)c(NC(=O)c2cn(-c3ccccc3C(F)(F)F)nn2)c1. The van der Waals surface area contributed by atoms with Crippen LogP contribution in [-0.4, -0.2) is 26.8 Å². The van der Waals surface area contributed by atoms with Gasteiger partial charge in [-0.3, -0.25) is 9.59 Å². The van der Waals surface area contributed by atoms with E-state index in [-0.39, 0.29) is 28.7 Å². The Morgan fingerprint density at radius 2 is 1.79 bits per heavy atom. The van der Waals surface area contributed by atoms with Gasteiger partial charge in [-0.15, -0.1) is 5.10 Å². The third-order valence-electron chi connectivity index (χ3n) is 3.72.